The molecule has 0 spiro atoms. The number of H-pyrrole nitrogens is 2. The minimum Gasteiger partial charge on any atom is -0.444 e. The van der Waals surface area contributed by atoms with E-state index in [0.717, 1.165) is 5.75 Å². The SMILES string of the molecule is CSCC[C@@H](NC(=O)OC(C)(C)C)c1nnc(SCc2c(C)[nH]c(=O)[nH]c2=O)o1. The van der Waals surface area contributed by atoms with Crippen molar-refractivity contribution in [1.82, 2.24) is 25.5 Å². The van der Waals surface area contributed by atoms with Crippen molar-refractivity contribution in [2.24, 2.45) is 0 Å². The van der Waals surface area contributed by atoms with E-state index in [1.807, 2.05) is 6.26 Å². The van der Waals surface area contributed by atoms with Gasteiger partial charge in [-0.15, -0.1) is 10.2 Å². The van der Waals surface area contributed by atoms with Crippen molar-refractivity contribution in [3.8, 4) is 0 Å². The van der Waals surface area contributed by atoms with E-state index in [4.69, 9.17) is 9.15 Å². The molecule has 0 bridgehead atoms. The van der Waals surface area contributed by atoms with Crippen LogP contribution < -0.4 is 16.6 Å². The third kappa shape index (κ3) is 7.28. The fourth-order valence-electron chi connectivity index (χ4n) is 2.30. The summed E-state index contributed by atoms with van der Waals surface area (Å²) in [4.78, 5) is 40.1. The summed E-state index contributed by atoms with van der Waals surface area (Å²) in [6, 6.07) is -0.489. The molecule has 160 valence electrons. The van der Waals surface area contributed by atoms with Gasteiger partial charge in [0.15, 0.2) is 0 Å². The monoisotopic (exact) mass is 443 g/mol. The van der Waals surface area contributed by atoms with Crippen LogP contribution >= 0.6 is 23.5 Å². The van der Waals surface area contributed by atoms with E-state index in [0.29, 0.717) is 17.7 Å². The number of carbonyl (C=O) groups excluding carboxylic acids is 1. The lowest BCUT2D eigenvalue weighted by Crippen LogP contribution is -2.35. The molecule has 0 aliphatic carbocycles. The lowest BCUT2D eigenvalue weighted by Gasteiger charge is -2.22. The van der Waals surface area contributed by atoms with Crippen LogP contribution in [0.25, 0.3) is 0 Å². The number of amides is 1. The van der Waals surface area contributed by atoms with Crippen molar-refractivity contribution in [2.75, 3.05) is 12.0 Å². The van der Waals surface area contributed by atoms with E-state index in [2.05, 4.69) is 25.5 Å². The summed E-state index contributed by atoms with van der Waals surface area (Å²) in [5, 5.41) is 11.0. The zero-order chi connectivity index (χ0) is 21.6. The van der Waals surface area contributed by atoms with Gasteiger partial charge < -0.3 is 19.5 Å². The number of hydrogen-bond donors (Lipinski definition) is 3. The van der Waals surface area contributed by atoms with Gasteiger partial charge in [-0.3, -0.25) is 9.78 Å². The molecule has 0 saturated carbocycles. The highest BCUT2D eigenvalue weighted by Gasteiger charge is 2.24. The Morgan fingerprint density at radius 3 is 2.62 bits per heavy atom. The lowest BCUT2D eigenvalue weighted by atomic mass is 10.2. The van der Waals surface area contributed by atoms with Crippen LogP contribution in [0.2, 0.25) is 0 Å². The van der Waals surface area contributed by atoms with Crippen LogP contribution in [0.5, 0.6) is 0 Å². The largest absolute Gasteiger partial charge is 0.444 e. The Balaban J connectivity index is 2.08. The molecule has 1 atom stereocenters. The van der Waals surface area contributed by atoms with Crippen molar-refractivity contribution < 1.29 is 13.9 Å². The van der Waals surface area contributed by atoms with Gasteiger partial charge in [-0.2, -0.15) is 11.8 Å². The molecule has 0 unspecified atom stereocenters. The smallest absolute Gasteiger partial charge is 0.408 e. The molecule has 3 N–H and O–H groups in total. The van der Waals surface area contributed by atoms with Crippen LogP contribution in [-0.4, -0.2) is 43.9 Å². The highest BCUT2D eigenvalue weighted by Crippen LogP contribution is 2.25. The number of thioether (sulfide) groups is 2. The molecule has 10 nitrogen and oxygen atoms in total. The number of alkyl carbamates (subject to hydrolysis) is 1. The van der Waals surface area contributed by atoms with Gasteiger partial charge in [0.1, 0.15) is 11.6 Å². The Morgan fingerprint density at radius 1 is 1.28 bits per heavy atom. The van der Waals surface area contributed by atoms with Crippen molar-refractivity contribution in [3.63, 3.8) is 0 Å². The topological polar surface area (TPSA) is 143 Å². The summed E-state index contributed by atoms with van der Waals surface area (Å²) in [6.45, 7) is 7.00. The van der Waals surface area contributed by atoms with E-state index in [-0.39, 0.29) is 16.9 Å². The molecule has 2 aromatic rings. The molecule has 12 heteroatoms. The van der Waals surface area contributed by atoms with E-state index in [1.54, 1.807) is 39.5 Å². The third-order valence-electron chi connectivity index (χ3n) is 3.62. The van der Waals surface area contributed by atoms with E-state index in [9.17, 15) is 14.4 Å². The first-order valence-corrected chi connectivity index (χ1v) is 11.2. The van der Waals surface area contributed by atoms with Gasteiger partial charge in [0.25, 0.3) is 10.8 Å². The maximum Gasteiger partial charge on any atom is 0.408 e. The number of aromatic amines is 2. The van der Waals surface area contributed by atoms with Gasteiger partial charge in [0.2, 0.25) is 5.89 Å². The second-order valence-corrected chi connectivity index (χ2v) is 9.10. The standard InChI is InChI=1S/C17H25N5O5S2/c1-9-10(12(23)20-14(24)18-9)8-29-16-22-21-13(26-16)11(6-7-28-5)19-15(25)27-17(2,3)4/h11H,6-8H2,1-5H3,(H,19,25)(H2,18,20,23,24)/t11-/m1/s1. The van der Waals surface area contributed by atoms with Gasteiger partial charge in [0.05, 0.1) is 0 Å². The summed E-state index contributed by atoms with van der Waals surface area (Å²) in [6.07, 6.45) is 1.99. The van der Waals surface area contributed by atoms with Crippen LogP contribution in [-0.2, 0) is 10.5 Å². The number of carbonyl (C=O) groups is 1. The highest BCUT2D eigenvalue weighted by molar-refractivity contribution is 7.98. The van der Waals surface area contributed by atoms with Crippen LogP contribution in [0.15, 0.2) is 19.2 Å². The molecular formula is C17H25N5O5S2. The molecule has 0 aliphatic heterocycles. The summed E-state index contributed by atoms with van der Waals surface area (Å²) in [7, 11) is 0. The summed E-state index contributed by atoms with van der Waals surface area (Å²) >= 11 is 2.80. The first-order chi connectivity index (χ1) is 13.6. The molecule has 1 amide bonds. The minimum atomic E-state index is -0.619. The first-order valence-electron chi connectivity index (χ1n) is 8.85. The van der Waals surface area contributed by atoms with E-state index in [1.165, 1.54) is 11.8 Å². The molecule has 0 radical (unpaired) electrons. The summed E-state index contributed by atoms with van der Waals surface area (Å²) in [5.74, 6) is 1.28. The number of rotatable bonds is 8. The first kappa shape index (κ1) is 23.1. The van der Waals surface area contributed by atoms with E-state index < -0.39 is 29.0 Å². The number of ether oxygens (including phenoxy) is 1. The van der Waals surface area contributed by atoms with Gasteiger partial charge in [0, 0.05) is 17.0 Å². The van der Waals surface area contributed by atoms with Crippen molar-refractivity contribution in [3.05, 3.63) is 38.0 Å². The average Bonchev–Trinajstić information content (AvgIpc) is 3.04. The second kappa shape index (κ2) is 10.0. The predicted molar refractivity (Wildman–Crippen MR) is 111 cm³/mol. The van der Waals surface area contributed by atoms with Gasteiger partial charge in [-0.1, -0.05) is 11.8 Å². The van der Waals surface area contributed by atoms with Crippen LogP contribution in [0.4, 0.5) is 4.79 Å². The number of hydrogen-bond acceptors (Lipinski definition) is 9. The quantitative estimate of drug-likeness (QED) is 0.524. The number of nitrogens with zero attached hydrogens (tertiary/aromatic N) is 2. The Morgan fingerprint density at radius 2 is 2.00 bits per heavy atom. The van der Waals surface area contributed by atoms with Gasteiger partial charge in [-0.05, 0) is 46.1 Å². The Hall–Kier alpha value is -2.21. The molecule has 0 saturated heterocycles. The molecular weight excluding hydrogens is 418 g/mol. The second-order valence-electron chi connectivity index (χ2n) is 7.19. The van der Waals surface area contributed by atoms with Crippen LogP contribution in [0, 0.1) is 6.92 Å². The van der Waals surface area contributed by atoms with Gasteiger partial charge >= 0.3 is 11.8 Å². The fourth-order valence-corrected chi connectivity index (χ4v) is 3.63. The molecule has 2 rings (SSSR count). The van der Waals surface area contributed by atoms with Crippen LogP contribution in [0.3, 0.4) is 0 Å². The van der Waals surface area contributed by atoms with E-state index >= 15 is 0 Å². The zero-order valence-corrected chi connectivity index (χ0v) is 18.6. The Labute approximate surface area is 176 Å². The van der Waals surface area contributed by atoms with Crippen molar-refractivity contribution in [2.45, 2.75) is 56.7 Å². The molecule has 0 fully saturated rings. The molecule has 2 heterocycles. The highest BCUT2D eigenvalue weighted by atomic mass is 32.2. The number of aromatic nitrogens is 4. The van der Waals surface area contributed by atoms with Crippen molar-refractivity contribution >= 4 is 29.6 Å². The number of aryl methyl sites for hydroxylation is 1. The van der Waals surface area contributed by atoms with Gasteiger partial charge in [-0.25, -0.2) is 9.59 Å². The van der Waals surface area contributed by atoms with Crippen LogP contribution in [0.1, 0.15) is 50.4 Å². The average molecular weight is 444 g/mol. The summed E-state index contributed by atoms with van der Waals surface area (Å²) in [5.41, 5.74) is -0.726. The summed E-state index contributed by atoms with van der Waals surface area (Å²) < 4.78 is 11.0. The Bertz CT molecular complexity index is 947. The lowest BCUT2D eigenvalue weighted by molar-refractivity contribution is 0.0493. The maximum atomic E-state index is 12.1. The molecule has 0 aromatic carbocycles. The normalized spacial score (nSPS) is 12.6. The fraction of sp³-hybridized carbons (Fsp3) is 0.588. The van der Waals surface area contributed by atoms with Crippen molar-refractivity contribution in [1.29, 1.82) is 0 Å². The predicted octanol–water partition coefficient (Wildman–Crippen LogP) is 2.37. The molecule has 29 heavy (non-hydrogen) atoms. The third-order valence-corrected chi connectivity index (χ3v) is 5.11. The minimum absolute atomic E-state index is 0.245. The molecule has 2 aromatic heterocycles. The number of nitrogens with one attached hydrogen (secondary N) is 3. The maximum absolute atomic E-state index is 12.1. The zero-order valence-electron chi connectivity index (χ0n) is 17.0. The Kier molecular flexibility index (Phi) is 7.96. The molecule has 0 aliphatic rings.